The number of carbonyl (C=O) groups excluding carboxylic acids is 2. The number of benzene rings is 1. The summed E-state index contributed by atoms with van der Waals surface area (Å²) < 4.78 is 5.44. The molecule has 1 aromatic heterocycles. The molecule has 126 valence electrons. The van der Waals surface area contributed by atoms with Crippen LogP contribution < -0.4 is 4.90 Å². The van der Waals surface area contributed by atoms with Gasteiger partial charge in [-0.25, -0.2) is 4.79 Å². The summed E-state index contributed by atoms with van der Waals surface area (Å²) in [6.45, 7) is 1.62. The van der Waals surface area contributed by atoms with Crippen molar-refractivity contribution >= 4 is 28.9 Å². The van der Waals surface area contributed by atoms with Crippen LogP contribution in [0, 0.1) is 0 Å². The number of thiophene rings is 1. The molecule has 1 heterocycles. The molecule has 1 atom stereocenters. The number of likely N-dealkylation sites (N-methyl/N-ethyl adjacent to an activating group) is 1. The fourth-order valence-electron chi connectivity index (χ4n) is 2.99. The highest BCUT2D eigenvalue weighted by Crippen LogP contribution is 2.30. The van der Waals surface area contributed by atoms with Crippen molar-refractivity contribution in [3.63, 3.8) is 0 Å². The Morgan fingerprint density at radius 3 is 2.62 bits per heavy atom. The Kier molecular flexibility index (Phi) is 5.00. The number of amides is 1. The third-order valence-corrected chi connectivity index (χ3v) is 5.48. The number of fused-ring (bicyclic) bond motifs is 1. The minimum Gasteiger partial charge on any atom is -0.449 e. The zero-order valence-electron chi connectivity index (χ0n) is 14.0. The average molecular weight is 343 g/mol. The smallest absolute Gasteiger partial charge is 0.340 e. The average Bonchev–Trinajstić information content (AvgIpc) is 3.05. The Balaban J connectivity index is 1.68. The van der Waals surface area contributed by atoms with E-state index >= 15 is 0 Å². The van der Waals surface area contributed by atoms with Gasteiger partial charge in [-0.05, 0) is 50.3 Å². The van der Waals surface area contributed by atoms with Gasteiger partial charge in [0.25, 0.3) is 5.91 Å². The molecule has 0 bridgehead atoms. The Morgan fingerprint density at radius 1 is 1.17 bits per heavy atom. The number of anilines is 1. The van der Waals surface area contributed by atoms with Gasteiger partial charge in [-0.15, -0.1) is 11.3 Å². The van der Waals surface area contributed by atoms with E-state index < -0.39 is 12.1 Å². The molecule has 0 radical (unpaired) electrons. The third kappa shape index (κ3) is 3.36. The first kappa shape index (κ1) is 16.7. The Labute approximate surface area is 146 Å². The summed E-state index contributed by atoms with van der Waals surface area (Å²) >= 11 is 1.62. The number of aryl methyl sites for hydroxylation is 1. The molecule has 0 saturated carbocycles. The summed E-state index contributed by atoms with van der Waals surface area (Å²) in [5.41, 5.74) is 2.53. The van der Waals surface area contributed by atoms with Crippen LogP contribution in [0.25, 0.3) is 0 Å². The van der Waals surface area contributed by atoms with Crippen LogP contribution in [-0.2, 0) is 22.4 Å². The monoisotopic (exact) mass is 343 g/mol. The SMILES string of the molecule is C[C@H](OC(=O)c1csc2c1CCCC2)C(=O)N(C)c1ccccc1. The Bertz CT molecular complexity index is 738. The molecule has 24 heavy (non-hydrogen) atoms. The topological polar surface area (TPSA) is 46.6 Å². The zero-order valence-corrected chi connectivity index (χ0v) is 14.8. The summed E-state index contributed by atoms with van der Waals surface area (Å²) in [4.78, 5) is 27.8. The highest BCUT2D eigenvalue weighted by Gasteiger charge is 2.26. The van der Waals surface area contributed by atoms with Crippen LogP contribution in [0.5, 0.6) is 0 Å². The van der Waals surface area contributed by atoms with Crippen LogP contribution in [0.4, 0.5) is 5.69 Å². The number of para-hydroxylation sites is 1. The summed E-state index contributed by atoms with van der Waals surface area (Å²) in [5, 5.41) is 1.87. The van der Waals surface area contributed by atoms with Crippen molar-refractivity contribution in [1.29, 1.82) is 0 Å². The first-order valence-electron chi connectivity index (χ1n) is 8.20. The second-order valence-corrected chi connectivity index (χ2v) is 7.00. The van der Waals surface area contributed by atoms with E-state index in [1.807, 2.05) is 35.7 Å². The fourth-order valence-corrected chi connectivity index (χ4v) is 4.11. The van der Waals surface area contributed by atoms with Gasteiger partial charge in [-0.2, -0.15) is 0 Å². The lowest BCUT2D eigenvalue weighted by molar-refractivity contribution is -0.126. The molecule has 0 saturated heterocycles. The second kappa shape index (κ2) is 7.18. The highest BCUT2D eigenvalue weighted by atomic mass is 32.1. The van der Waals surface area contributed by atoms with E-state index in [9.17, 15) is 9.59 Å². The van der Waals surface area contributed by atoms with E-state index in [-0.39, 0.29) is 5.91 Å². The molecule has 1 aliphatic rings. The first-order chi connectivity index (χ1) is 11.6. The number of rotatable bonds is 4. The van der Waals surface area contributed by atoms with Gasteiger partial charge < -0.3 is 9.64 Å². The molecule has 1 aromatic carbocycles. The van der Waals surface area contributed by atoms with E-state index in [4.69, 9.17) is 4.74 Å². The lowest BCUT2D eigenvalue weighted by Gasteiger charge is -2.21. The summed E-state index contributed by atoms with van der Waals surface area (Å²) in [5.74, 6) is -0.629. The van der Waals surface area contributed by atoms with Crippen molar-refractivity contribution in [3.8, 4) is 0 Å². The Hall–Kier alpha value is -2.14. The molecule has 3 rings (SSSR count). The largest absolute Gasteiger partial charge is 0.449 e. The quantitative estimate of drug-likeness (QED) is 0.793. The van der Waals surface area contributed by atoms with Gasteiger partial charge in [0.2, 0.25) is 0 Å². The minimum atomic E-state index is -0.818. The number of nitrogens with zero attached hydrogens (tertiary/aromatic N) is 1. The van der Waals surface area contributed by atoms with Gasteiger partial charge in [0, 0.05) is 23.0 Å². The van der Waals surface area contributed by atoms with Crippen molar-refractivity contribution in [2.75, 3.05) is 11.9 Å². The van der Waals surface area contributed by atoms with Crippen molar-refractivity contribution in [1.82, 2.24) is 0 Å². The maximum Gasteiger partial charge on any atom is 0.340 e. The summed E-state index contributed by atoms with van der Waals surface area (Å²) in [7, 11) is 1.69. The van der Waals surface area contributed by atoms with Gasteiger partial charge in [0.1, 0.15) is 0 Å². The molecule has 2 aromatic rings. The molecule has 0 fully saturated rings. The van der Waals surface area contributed by atoms with E-state index in [0.717, 1.165) is 30.5 Å². The van der Waals surface area contributed by atoms with Gasteiger partial charge >= 0.3 is 5.97 Å². The molecule has 0 spiro atoms. The van der Waals surface area contributed by atoms with Gasteiger partial charge in [-0.3, -0.25) is 4.79 Å². The van der Waals surface area contributed by atoms with E-state index in [0.29, 0.717) is 5.56 Å². The molecule has 4 nitrogen and oxygen atoms in total. The van der Waals surface area contributed by atoms with E-state index in [2.05, 4.69) is 0 Å². The fraction of sp³-hybridized carbons (Fsp3) is 0.368. The number of hydrogen-bond acceptors (Lipinski definition) is 4. The maximum absolute atomic E-state index is 12.5. The second-order valence-electron chi connectivity index (χ2n) is 6.04. The Morgan fingerprint density at radius 2 is 1.88 bits per heavy atom. The normalized spacial score (nSPS) is 14.6. The molecule has 0 N–H and O–H groups in total. The van der Waals surface area contributed by atoms with Crippen LogP contribution in [0.1, 0.15) is 40.6 Å². The number of esters is 1. The lowest BCUT2D eigenvalue weighted by atomic mass is 9.96. The van der Waals surface area contributed by atoms with Crippen LogP contribution in [0.3, 0.4) is 0 Å². The van der Waals surface area contributed by atoms with E-state index in [1.165, 1.54) is 16.2 Å². The minimum absolute atomic E-state index is 0.237. The standard InChI is InChI=1S/C19H21NO3S/c1-13(18(21)20(2)14-8-4-3-5-9-14)23-19(22)16-12-24-17-11-7-6-10-15(16)17/h3-5,8-9,12-13H,6-7,10-11H2,1-2H3/t13-/m0/s1. The van der Waals surface area contributed by atoms with Crippen molar-refractivity contribution in [2.24, 2.45) is 0 Å². The highest BCUT2D eigenvalue weighted by molar-refractivity contribution is 7.10. The molecule has 1 amide bonds. The van der Waals surface area contributed by atoms with Crippen LogP contribution >= 0.6 is 11.3 Å². The van der Waals surface area contributed by atoms with Crippen LogP contribution in [-0.4, -0.2) is 25.0 Å². The van der Waals surface area contributed by atoms with Crippen molar-refractivity contribution in [2.45, 2.75) is 38.7 Å². The first-order valence-corrected chi connectivity index (χ1v) is 9.08. The number of hydrogen-bond donors (Lipinski definition) is 0. The van der Waals surface area contributed by atoms with Gasteiger partial charge in [0.15, 0.2) is 6.10 Å². The zero-order chi connectivity index (χ0) is 17.1. The molecule has 5 heteroatoms. The lowest BCUT2D eigenvalue weighted by Crippen LogP contribution is -2.37. The predicted octanol–water partition coefficient (Wildman–Crippen LogP) is 3.84. The van der Waals surface area contributed by atoms with Gasteiger partial charge in [-0.1, -0.05) is 18.2 Å². The third-order valence-electron chi connectivity index (χ3n) is 4.39. The van der Waals surface area contributed by atoms with Gasteiger partial charge in [0.05, 0.1) is 5.56 Å². The molecule has 0 unspecified atom stereocenters. The molecular formula is C19H21NO3S. The maximum atomic E-state index is 12.5. The summed E-state index contributed by atoms with van der Waals surface area (Å²) in [6.07, 6.45) is 3.43. The van der Waals surface area contributed by atoms with Crippen LogP contribution in [0.15, 0.2) is 35.7 Å². The number of ether oxygens (including phenoxy) is 1. The van der Waals surface area contributed by atoms with Crippen molar-refractivity contribution in [3.05, 3.63) is 51.7 Å². The molecular weight excluding hydrogens is 322 g/mol. The van der Waals surface area contributed by atoms with Crippen molar-refractivity contribution < 1.29 is 14.3 Å². The van der Waals surface area contributed by atoms with E-state index in [1.54, 1.807) is 25.3 Å². The molecule has 1 aliphatic carbocycles. The molecule has 0 aliphatic heterocycles. The van der Waals surface area contributed by atoms with Crippen LogP contribution in [0.2, 0.25) is 0 Å². The number of carbonyl (C=O) groups is 2. The summed E-state index contributed by atoms with van der Waals surface area (Å²) in [6, 6.07) is 9.33. The predicted molar refractivity (Wildman–Crippen MR) is 95.7 cm³/mol.